The van der Waals surface area contributed by atoms with E-state index in [-0.39, 0.29) is 43.1 Å². The molecule has 1 unspecified atom stereocenters. The first kappa shape index (κ1) is 21.6. The average molecular weight is 367 g/mol. The number of benzene rings is 1. The molecule has 1 amide bonds. The number of carbonyl (C=O) groups excluding carboxylic acids is 1. The molecule has 23 heavy (non-hydrogen) atoms. The van der Waals surface area contributed by atoms with Crippen LogP contribution in [0, 0.1) is 5.82 Å². The predicted molar refractivity (Wildman–Crippen MR) is 91.7 cm³/mol. The monoisotopic (exact) mass is 366 g/mol. The number of ether oxygens (including phenoxy) is 1. The van der Waals surface area contributed by atoms with Crippen molar-refractivity contribution < 1.29 is 13.9 Å². The minimum absolute atomic E-state index is 0. The van der Waals surface area contributed by atoms with E-state index in [0.29, 0.717) is 18.5 Å². The van der Waals surface area contributed by atoms with Gasteiger partial charge in [-0.15, -0.1) is 24.8 Å². The molecular weight excluding hydrogens is 346 g/mol. The summed E-state index contributed by atoms with van der Waals surface area (Å²) in [6.45, 7) is 0.591. The third kappa shape index (κ3) is 5.31. The summed E-state index contributed by atoms with van der Waals surface area (Å²) in [6, 6.07) is 3.81. The van der Waals surface area contributed by atoms with Crippen molar-refractivity contribution in [3.63, 3.8) is 0 Å². The van der Waals surface area contributed by atoms with Crippen LogP contribution >= 0.6 is 24.8 Å². The van der Waals surface area contributed by atoms with Crippen LogP contribution in [-0.4, -0.2) is 41.8 Å². The number of aryl methyl sites for hydroxylation is 1. The molecule has 0 radical (unpaired) electrons. The molecule has 0 saturated heterocycles. The largest absolute Gasteiger partial charge is 0.383 e. The van der Waals surface area contributed by atoms with Gasteiger partial charge in [-0.1, -0.05) is 0 Å². The summed E-state index contributed by atoms with van der Waals surface area (Å²) in [6.07, 6.45) is 0.540. The number of carbonyl (C=O) groups is 1. The maximum atomic E-state index is 13.2. The minimum Gasteiger partial charge on any atom is -0.383 e. The molecule has 3 N–H and O–H groups in total. The van der Waals surface area contributed by atoms with Crippen LogP contribution in [0.2, 0.25) is 0 Å². The van der Waals surface area contributed by atoms with Gasteiger partial charge in [0.1, 0.15) is 17.7 Å². The van der Waals surface area contributed by atoms with E-state index in [1.54, 1.807) is 6.07 Å². The first-order valence-corrected chi connectivity index (χ1v) is 6.66. The Kier molecular flexibility index (Phi) is 9.07. The number of nitrogens with one attached hydrogen (secondary N) is 1. The second-order valence-corrected chi connectivity index (χ2v) is 4.82. The van der Waals surface area contributed by atoms with Gasteiger partial charge in [-0.3, -0.25) is 4.79 Å². The lowest BCUT2D eigenvalue weighted by Crippen LogP contribution is -2.44. The van der Waals surface area contributed by atoms with Gasteiger partial charge in [-0.25, -0.2) is 9.37 Å². The van der Waals surface area contributed by atoms with Crippen LogP contribution in [0.4, 0.5) is 4.39 Å². The molecule has 6 nitrogen and oxygen atoms in total. The normalized spacial score (nSPS) is 11.5. The molecule has 9 heteroatoms. The second kappa shape index (κ2) is 9.67. The van der Waals surface area contributed by atoms with E-state index in [1.807, 2.05) is 11.6 Å². The Morgan fingerprint density at radius 1 is 1.48 bits per heavy atom. The zero-order valence-corrected chi connectivity index (χ0v) is 14.5. The number of halogens is 3. The van der Waals surface area contributed by atoms with Crippen LogP contribution in [0.15, 0.2) is 18.2 Å². The predicted octanol–water partition coefficient (Wildman–Crippen LogP) is 1.19. The lowest BCUT2D eigenvalue weighted by molar-refractivity contribution is -0.123. The maximum Gasteiger partial charge on any atom is 0.239 e. The number of rotatable bonds is 6. The van der Waals surface area contributed by atoms with Crippen LogP contribution in [0.1, 0.15) is 5.82 Å². The van der Waals surface area contributed by atoms with Crippen molar-refractivity contribution >= 4 is 41.8 Å². The summed E-state index contributed by atoms with van der Waals surface area (Å²) >= 11 is 0. The summed E-state index contributed by atoms with van der Waals surface area (Å²) in [4.78, 5) is 16.0. The van der Waals surface area contributed by atoms with Gasteiger partial charge in [0.25, 0.3) is 0 Å². The fraction of sp³-hybridized carbons (Fsp3) is 0.429. The summed E-state index contributed by atoms with van der Waals surface area (Å²) in [5.74, 6) is 0.198. The molecule has 2 aromatic rings. The van der Waals surface area contributed by atoms with Gasteiger partial charge in [-0.05, 0) is 12.1 Å². The number of methoxy groups -OCH3 is 1. The van der Waals surface area contributed by atoms with Crippen LogP contribution in [0.25, 0.3) is 11.0 Å². The molecule has 1 heterocycles. The minimum atomic E-state index is -0.676. The quantitative estimate of drug-likeness (QED) is 0.804. The Balaban J connectivity index is 0.00000242. The molecule has 0 fully saturated rings. The number of fused-ring (bicyclic) bond motifs is 1. The summed E-state index contributed by atoms with van der Waals surface area (Å²) in [7, 11) is 3.35. The van der Waals surface area contributed by atoms with Crippen molar-refractivity contribution in [1.29, 1.82) is 0 Å². The van der Waals surface area contributed by atoms with Crippen molar-refractivity contribution in [3.05, 3.63) is 29.8 Å². The van der Waals surface area contributed by atoms with Gasteiger partial charge in [0.15, 0.2) is 0 Å². The average Bonchev–Trinajstić information content (AvgIpc) is 2.75. The van der Waals surface area contributed by atoms with E-state index in [0.717, 1.165) is 11.3 Å². The van der Waals surface area contributed by atoms with Crippen molar-refractivity contribution in [2.24, 2.45) is 12.8 Å². The molecule has 0 bridgehead atoms. The third-order valence-corrected chi connectivity index (χ3v) is 3.27. The highest BCUT2D eigenvalue weighted by Crippen LogP contribution is 2.16. The molecule has 0 aliphatic heterocycles. The SMILES string of the molecule is COCC(N)C(=O)NCCc1nc2cc(F)ccc2n1C.Cl.Cl. The first-order chi connectivity index (χ1) is 10.0. The van der Waals surface area contributed by atoms with Crippen LogP contribution < -0.4 is 11.1 Å². The van der Waals surface area contributed by atoms with E-state index in [9.17, 15) is 9.18 Å². The number of hydrogen-bond donors (Lipinski definition) is 2. The highest BCUT2D eigenvalue weighted by atomic mass is 35.5. The second-order valence-electron chi connectivity index (χ2n) is 4.82. The highest BCUT2D eigenvalue weighted by molar-refractivity contribution is 5.85. The topological polar surface area (TPSA) is 82.2 Å². The van der Waals surface area contributed by atoms with E-state index >= 15 is 0 Å². The van der Waals surface area contributed by atoms with Gasteiger partial charge in [0, 0.05) is 33.2 Å². The number of nitrogens with two attached hydrogens (primary N) is 1. The smallest absolute Gasteiger partial charge is 0.239 e. The molecule has 1 atom stereocenters. The van der Waals surface area contributed by atoms with E-state index in [4.69, 9.17) is 10.5 Å². The van der Waals surface area contributed by atoms with Gasteiger partial charge in [-0.2, -0.15) is 0 Å². The first-order valence-electron chi connectivity index (χ1n) is 6.66. The van der Waals surface area contributed by atoms with Gasteiger partial charge in [0.2, 0.25) is 5.91 Å². The van der Waals surface area contributed by atoms with E-state index < -0.39 is 6.04 Å². The maximum absolute atomic E-state index is 13.2. The number of hydrogen-bond acceptors (Lipinski definition) is 4. The molecule has 0 aliphatic rings. The van der Waals surface area contributed by atoms with Gasteiger partial charge >= 0.3 is 0 Å². The summed E-state index contributed by atoms with van der Waals surface area (Å²) in [5, 5.41) is 2.73. The van der Waals surface area contributed by atoms with E-state index in [1.165, 1.54) is 19.2 Å². The molecule has 0 saturated carbocycles. The fourth-order valence-electron chi connectivity index (χ4n) is 2.13. The fourth-order valence-corrected chi connectivity index (χ4v) is 2.13. The zero-order chi connectivity index (χ0) is 15.4. The zero-order valence-electron chi connectivity index (χ0n) is 12.9. The van der Waals surface area contributed by atoms with Gasteiger partial charge in [0.05, 0.1) is 17.6 Å². The Hall–Kier alpha value is -1.41. The summed E-state index contributed by atoms with van der Waals surface area (Å²) < 4.78 is 19.9. The molecule has 0 aliphatic carbocycles. The molecule has 130 valence electrons. The van der Waals surface area contributed by atoms with Crippen LogP contribution in [0.3, 0.4) is 0 Å². The van der Waals surface area contributed by atoms with Crippen LogP contribution in [0.5, 0.6) is 0 Å². The Labute approximate surface area is 146 Å². The Bertz CT molecular complexity index is 651. The number of nitrogens with zero attached hydrogens (tertiary/aromatic N) is 2. The Morgan fingerprint density at radius 3 is 2.83 bits per heavy atom. The molecule has 1 aromatic carbocycles. The van der Waals surface area contributed by atoms with Crippen molar-refractivity contribution in [2.75, 3.05) is 20.3 Å². The van der Waals surface area contributed by atoms with Crippen molar-refractivity contribution in [2.45, 2.75) is 12.5 Å². The molecule has 2 rings (SSSR count). The third-order valence-electron chi connectivity index (χ3n) is 3.27. The Morgan fingerprint density at radius 2 is 2.17 bits per heavy atom. The highest BCUT2D eigenvalue weighted by Gasteiger charge is 2.13. The lowest BCUT2D eigenvalue weighted by atomic mass is 10.3. The molecule has 0 spiro atoms. The van der Waals surface area contributed by atoms with Crippen molar-refractivity contribution in [3.8, 4) is 0 Å². The van der Waals surface area contributed by atoms with Crippen LogP contribution in [-0.2, 0) is 23.0 Å². The lowest BCUT2D eigenvalue weighted by Gasteiger charge is -2.11. The summed E-state index contributed by atoms with van der Waals surface area (Å²) in [5.41, 5.74) is 7.08. The number of imidazole rings is 1. The molecular formula is C14H21Cl2FN4O2. The van der Waals surface area contributed by atoms with Crippen molar-refractivity contribution in [1.82, 2.24) is 14.9 Å². The molecule has 1 aromatic heterocycles. The van der Waals surface area contributed by atoms with E-state index in [2.05, 4.69) is 10.3 Å². The number of amides is 1. The number of aromatic nitrogens is 2. The van der Waals surface area contributed by atoms with Gasteiger partial charge < -0.3 is 20.4 Å². The standard InChI is InChI=1S/C14H19FN4O2.2ClH/c1-19-12-4-3-9(15)7-11(12)18-13(19)5-6-17-14(20)10(16)8-21-2;;/h3-4,7,10H,5-6,8,16H2,1-2H3,(H,17,20);2*1H.